The van der Waals surface area contributed by atoms with Crippen molar-refractivity contribution in [1.82, 2.24) is 5.32 Å². The lowest BCUT2D eigenvalue weighted by Crippen LogP contribution is -2.20. The van der Waals surface area contributed by atoms with E-state index >= 15 is 0 Å². The fourth-order valence-electron chi connectivity index (χ4n) is 1.81. The number of thiophene rings is 2. The summed E-state index contributed by atoms with van der Waals surface area (Å²) in [6, 6.07) is 7.09. The van der Waals surface area contributed by atoms with Crippen molar-refractivity contribution in [2.45, 2.75) is 26.8 Å². The molecular formula is C13H17NS2. The van der Waals surface area contributed by atoms with Gasteiger partial charge in [0.2, 0.25) is 0 Å². The van der Waals surface area contributed by atoms with Crippen LogP contribution in [0.15, 0.2) is 23.6 Å². The Kier molecular flexibility index (Phi) is 3.79. The minimum Gasteiger partial charge on any atom is -0.306 e. The van der Waals surface area contributed by atoms with Gasteiger partial charge < -0.3 is 5.32 Å². The third kappa shape index (κ3) is 2.54. The molecule has 0 fully saturated rings. The first-order valence-corrected chi connectivity index (χ1v) is 7.25. The van der Waals surface area contributed by atoms with E-state index in [9.17, 15) is 0 Å². The lowest BCUT2D eigenvalue weighted by molar-refractivity contribution is 0.641. The SMILES string of the molecule is CCNC(c1csc(C)c1)c1ccc(C)s1. The second-order valence-electron chi connectivity index (χ2n) is 3.93. The normalized spacial score (nSPS) is 12.9. The molecule has 1 nitrogen and oxygen atoms in total. The van der Waals surface area contributed by atoms with Gasteiger partial charge in [0.1, 0.15) is 0 Å². The van der Waals surface area contributed by atoms with Crippen LogP contribution >= 0.6 is 22.7 Å². The van der Waals surface area contributed by atoms with Gasteiger partial charge in [-0.3, -0.25) is 0 Å². The molecule has 1 atom stereocenters. The third-order valence-corrected chi connectivity index (χ3v) is 4.48. The smallest absolute Gasteiger partial charge is 0.0679 e. The zero-order valence-electron chi connectivity index (χ0n) is 9.91. The van der Waals surface area contributed by atoms with E-state index in [1.807, 2.05) is 22.7 Å². The van der Waals surface area contributed by atoms with Crippen molar-refractivity contribution >= 4 is 22.7 Å². The van der Waals surface area contributed by atoms with Crippen LogP contribution in [0.1, 0.15) is 33.2 Å². The fourth-order valence-corrected chi connectivity index (χ4v) is 3.52. The number of hydrogen-bond acceptors (Lipinski definition) is 3. The molecule has 1 unspecified atom stereocenters. The predicted molar refractivity (Wildman–Crippen MR) is 73.6 cm³/mol. The minimum atomic E-state index is 0.369. The van der Waals surface area contributed by atoms with E-state index < -0.39 is 0 Å². The highest BCUT2D eigenvalue weighted by Crippen LogP contribution is 2.30. The van der Waals surface area contributed by atoms with Crippen LogP contribution in [0.2, 0.25) is 0 Å². The van der Waals surface area contributed by atoms with Crippen LogP contribution in [0.25, 0.3) is 0 Å². The Hall–Kier alpha value is -0.640. The Morgan fingerprint density at radius 2 is 2.06 bits per heavy atom. The summed E-state index contributed by atoms with van der Waals surface area (Å²) in [6.07, 6.45) is 0. The molecule has 0 amide bonds. The molecule has 0 saturated carbocycles. The summed E-state index contributed by atoms with van der Waals surface area (Å²) in [6.45, 7) is 7.48. The lowest BCUT2D eigenvalue weighted by Gasteiger charge is -2.14. The highest BCUT2D eigenvalue weighted by molar-refractivity contribution is 7.12. The van der Waals surface area contributed by atoms with E-state index in [-0.39, 0.29) is 0 Å². The van der Waals surface area contributed by atoms with E-state index in [1.54, 1.807) is 0 Å². The summed E-state index contributed by atoms with van der Waals surface area (Å²) in [4.78, 5) is 4.17. The quantitative estimate of drug-likeness (QED) is 0.861. The Morgan fingerprint density at radius 3 is 2.56 bits per heavy atom. The largest absolute Gasteiger partial charge is 0.306 e. The van der Waals surface area contributed by atoms with Crippen molar-refractivity contribution in [2.24, 2.45) is 0 Å². The van der Waals surface area contributed by atoms with Gasteiger partial charge in [-0.2, -0.15) is 0 Å². The molecule has 0 aromatic carbocycles. The van der Waals surface area contributed by atoms with Gasteiger partial charge in [0.25, 0.3) is 0 Å². The van der Waals surface area contributed by atoms with Crippen molar-refractivity contribution in [3.8, 4) is 0 Å². The molecule has 0 aliphatic carbocycles. The van der Waals surface area contributed by atoms with Crippen molar-refractivity contribution in [2.75, 3.05) is 6.54 Å². The van der Waals surface area contributed by atoms with Crippen molar-refractivity contribution in [3.05, 3.63) is 43.8 Å². The van der Waals surface area contributed by atoms with E-state index in [0.717, 1.165) is 6.54 Å². The Bertz CT molecular complexity index is 416. The number of hydrogen-bond donors (Lipinski definition) is 1. The molecule has 2 heterocycles. The molecule has 0 bridgehead atoms. The van der Waals surface area contributed by atoms with Crippen molar-refractivity contribution in [1.29, 1.82) is 0 Å². The molecule has 0 saturated heterocycles. The van der Waals surface area contributed by atoms with Gasteiger partial charge >= 0.3 is 0 Å². The average molecular weight is 251 g/mol. The van der Waals surface area contributed by atoms with E-state index in [2.05, 4.69) is 49.7 Å². The predicted octanol–water partition coefficient (Wildman–Crippen LogP) is 4.13. The molecule has 1 N–H and O–H groups in total. The zero-order valence-corrected chi connectivity index (χ0v) is 11.5. The van der Waals surface area contributed by atoms with Crippen LogP contribution in [-0.4, -0.2) is 6.54 Å². The molecular weight excluding hydrogens is 234 g/mol. The summed E-state index contributed by atoms with van der Waals surface area (Å²) < 4.78 is 0. The topological polar surface area (TPSA) is 12.0 Å². The van der Waals surface area contributed by atoms with Crippen LogP contribution in [0, 0.1) is 13.8 Å². The summed E-state index contributed by atoms with van der Waals surface area (Å²) in [5.41, 5.74) is 1.39. The molecule has 0 aliphatic rings. The highest BCUT2D eigenvalue weighted by atomic mass is 32.1. The monoisotopic (exact) mass is 251 g/mol. The van der Waals surface area contributed by atoms with Crippen molar-refractivity contribution in [3.63, 3.8) is 0 Å². The summed E-state index contributed by atoms with van der Waals surface area (Å²) in [5, 5.41) is 5.82. The molecule has 2 aromatic heterocycles. The Labute approximate surface area is 105 Å². The number of nitrogens with one attached hydrogen (secondary N) is 1. The number of rotatable bonds is 4. The first-order chi connectivity index (χ1) is 7.70. The first kappa shape index (κ1) is 11.8. The Morgan fingerprint density at radius 1 is 1.25 bits per heavy atom. The molecule has 2 aromatic rings. The second-order valence-corrected chi connectivity index (χ2v) is 6.36. The average Bonchev–Trinajstić information content (AvgIpc) is 2.84. The molecule has 3 heteroatoms. The second kappa shape index (κ2) is 5.13. The molecule has 0 radical (unpaired) electrons. The van der Waals surface area contributed by atoms with Gasteiger partial charge in [-0.05, 0) is 49.5 Å². The van der Waals surface area contributed by atoms with Crippen molar-refractivity contribution < 1.29 is 0 Å². The summed E-state index contributed by atoms with van der Waals surface area (Å²) >= 11 is 3.71. The van der Waals surface area contributed by atoms with E-state index in [1.165, 1.54) is 20.2 Å². The maximum atomic E-state index is 3.56. The lowest BCUT2D eigenvalue weighted by atomic mass is 10.1. The standard InChI is InChI=1S/C13H17NS2/c1-4-14-13(11-7-10(3)15-8-11)12-6-5-9(2)16-12/h5-8,13-14H,4H2,1-3H3. The fraction of sp³-hybridized carbons (Fsp3) is 0.385. The van der Waals surface area contributed by atoms with Gasteiger partial charge in [-0.15, -0.1) is 22.7 Å². The van der Waals surface area contributed by atoms with Gasteiger partial charge in [-0.25, -0.2) is 0 Å². The Balaban J connectivity index is 2.30. The third-order valence-electron chi connectivity index (χ3n) is 2.54. The molecule has 0 spiro atoms. The zero-order chi connectivity index (χ0) is 11.5. The minimum absolute atomic E-state index is 0.369. The molecule has 2 rings (SSSR count). The van der Waals surface area contributed by atoms with Crippen LogP contribution in [0.4, 0.5) is 0 Å². The first-order valence-electron chi connectivity index (χ1n) is 5.55. The molecule has 86 valence electrons. The van der Waals surface area contributed by atoms with Gasteiger partial charge in [0.05, 0.1) is 6.04 Å². The summed E-state index contributed by atoms with van der Waals surface area (Å²) in [7, 11) is 0. The van der Waals surface area contributed by atoms with Gasteiger partial charge in [0.15, 0.2) is 0 Å². The summed E-state index contributed by atoms with van der Waals surface area (Å²) in [5.74, 6) is 0. The van der Waals surface area contributed by atoms with Crippen LogP contribution in [-0.2, 0) is 0 Å². The van der Waals surface area contributed by atoms with E-state index in [4.69, 9.17) is 0 Å². The van der Waals surface area contributed by atoms with Crippen LogP contribution in [0.3, 0.4) is 0 Å². The van der Waals surface area contributed by atoms with Crippen LogP contribution < -0.4 is 5.32 Å². The number of aryl methyl sites for hydroxylation is 2. The molecule has 0 aliphatic heterocycles. The maximum Gasteiger partial charge on any atom is 0.0679 e. The highest BCUT2D eigenvalue weighted by Gasteiger charge is 2.15. The van der Waals surface area contributed by atoms with Gasteiger partial charge in [-0.1, -0.05) is 6.92 Å². The van der Waals surface area contributed by atoms with E-state index in [0.29, 0.717) is 6.04 Å². The van der Waals surface area contributed by atoms with Crippen LogP contribution in [0.5, 0.6) is 0 Å². The molecule has 16 heavy (non-hydrogen) atoms. The maximum absolute atomic E-state index is 3.56. The van der Waals surface area contributed by atoms with Gasteiger partial charge in [0, 0.05) is 14.6 Å².